The average Bonchev–Trinajstić information content (AvgIpc) is 3.12. The highest BCUT2D eigenvalue weighted by atomic mass is 16.5. The van der Waals surface area contributed by atoms with Gasteiger partial charge >= 0.3 is 0 Å². The first-order chi connectivity index (χ1) is 11.1. The van der Waals surface area contributed by atoms with Gasteiger partial charge in [0.25, 0.3) is 5.91 Å². The molecule has 114 valence electrons. The van der Waals surface area contributed by atoms with E-state index in [1.807, 2.05) is 19.9 Å². The van der Waals surface area contributed by atoms with Crippen LogP contribution in [0.3, 0.4) is 0 Å². The van der Waals surface area contributed by atoms with Crippen LogP contribution in [0.1, 0.15) is 21.9 Å². The summed E-state index contributed by atoms with van der Waals surface area (Å²) in [6, 6.07) is 7.26. The topological polar surface area (TPSA) is 85.3 Å². The Labute approximate surface area is 130 Å². The molecule has 1 amide bonds. The van der Waals surface area contributed by atoms with E-state index in [1.165, 1.54) is 0 Å². The van der Waals surface area contributed by atoms with Crippen LogP contribution in [0.2, 0.25) is 0 Å². The molecule has 0 saturated carbocycles. The first kappa shape index (κ1) is 13.4. The second-order valence-electron chi connectivity index (χ2n) is 5.36. The van der Waals surface area contributed by atoms with Crippen LogP contribution in [-0.4, -0.2) is 25.4 Å². The van der Waals surface area contributed by atoms with Gasteiger partial charge in [-0.2, -0.15) is 0 Å². The molecular formula is C16H13N5O2. The zero-order chi connectivity index (χ0) is 16.0. The number of hydrogen-bond donors (Lipinski definition) is 1. The molecule has 0 aliphatic heterocycles. The lowest BCUT2D eigenvalue weighted by molar-refractivity contribution is 0.102. The molecule has 0 fully saturated rings. The molecule has 0 bridgehead atoms. The Bertz CT molecular complexity index is 1050. The van der Waals surface area contributed by atoms with Gasteiger partial charge in [0, 0.05) is 22.5 Å². The van der Waals surface area contributed by atoms with E-state index in [0.717, 1.165) is 16.8 Å². The first-order valence-electron chi connectivity index (χ1n) is 7.09. The Morgan fingerprint density at radius 1 is 1.26 bits per heavy atom. The quantitative estimate of drug-likeness (QED) is 0.615. The summed E-state index contributed by atoms with van der Waals surface area (Å²) < 4.78 is 6.84. The van der Waals surface area contributed by atoms with Crippen LogP contribution in [0.25, 0.3) is 16.6 Å². The summed E-state index contributed by atoms with van der Waals surface area (Å²) in [4.78, 5) is 21.1. The van der Waals surface area contributed by atoms with E-state index in [-0.39, 0.29) is 5.91 Å². The second kappa shape index (κ2) is 4.91. The van der Waals surface area contributed by atoms with Gasteiger partial charge < -0.3 is 9.84 Å². The van der Waals surface area contributed by atoms with Crippen LogP contribution < -0.4 is 5.32 Å². The van der Waals surface area contributed by atoms with Crippen LogP contribution in [0.5, 0.6) is 0 Å². The van der Waals surface area contributed by atoms with Crippen molar-refractivity contribution in [2.24, 2.45) is 0 Å². The van der Waals surface area contributed by atoms with Gasteiger partial charge in [-0.25, -0.2) is 9.97 Å². The number of hydrogen-bond acceptors (Lipinski definition) is 5. The number of fused-ring (bicyclic) bond motifs is 2. The summed E-state index contributed by atoms with van der Waals surface area (Å²) in [6.45, 7) is 3.84. The summed E-state index contributed by atoms with van der Waals surface area (Å²) in [5, 5.41) is 7.37. The lowest BCUT2D eigenvalue weighted by Crippen LogP contribution is -2.13. The van der Waals surface area contributed by atoms with Crippen molar-refractivity contribution >= 4 is 28.2 Å². The van der Waals surface area contributed by atoms with Gasteiger partial charge in [0.1, 0.15) is 6.33 Å². The molecule has 0 aliphatic rings. The minimum absolute atomic E-state index is 0.294. The molecule has 0 saturated heterocycles. The fourth-order valence-electron chi connectivity index (χ4n) is 2.58. The highest BCUT2D eigenvalue weighted by molar-refractivity contribution is 6.07. The van der Waals surface area contributed by atoms with Crippen molar-refractivity contribution in [3.8, 4) is 0 Å². The van der Waals surface area contributed by atoms with E-state index in [4.69, 9.17) is 4.52 Å². The van der Waals surface area contributed by atoms with E-state index in [2.05, 4.69) is 20.4 Å². The highest BCUT2D eigenvalue weighted by Crippen LogP contribution is 2.20. The Kier molecular flexibility index (Phi) is 2.87. The number of benzene rings is 1. The predicted molar refractivity (Wildman–Crippen MR) is 84.4 cm³/mol. The third-order valence-electron chi connectivity index (χ3n) is 3.65. The molecule has 7 nitrogen and oxygen atoms in total. The van der Waals surface area contributed by atoms with E-state index >= 15 is 0 Å². The van der Waals surface area contributed by atoms with Crippen LogP contribution >= 0.6 is 0 Å². The monoisotopic (exact) mass is 307 g/mol. The first-order valence-corrected chi connectivity index (χ1v) is 7.09. The maximum atomic E-state index is 12.5. The highest BCUT2D eigenvalue weighted by Gasteiger charge is 2.16. The maximum Gasteiger partial charge on any atom is 0.278 e. The summed E-state index contributed by atoms with van der Waals surface area (Å²) in [5.74, 6) is -0.305. The number of aryl methyl sites for hydroxylation is 2. The molecule has 3 heterocycles. The molecule has 0 radical (unpaired) electrons. The van der Waals surface area contributed by atoms with Crippen molar-refractivity contribution in [3.63, 3.8) is 0 Å². The van der Waals surface area contributed by atoms with E-state index in [1.54, 1.807) is 35.1 Å². The molecular weight excluding hydrogens is 294 g/mol. The van der Waals surface area contributed by atoms with Crippen molar-refractivity contribution in [1.82, 2.24) is 19.5 Å². The number of carbonyl (C=O) groups excluding carboxylic acids is 1. The SMILES string of the molecule is Cc1cc(C)n2cnc(C(=O)Nc3ccc4oncc4c3)c2n1. The molecule has 3 aromatic heterocycles. The lowest BCUT2D eigenvalue weighted by atomic mass is 10.2. The van der Waals surface area contributed by atoms with E-state index in [0.29, 0.717) is 22.6 Å². The minimum Gasteiger partial charge on any atom is -0.356 e. The third kappa shape index (κ3) is 2.22. The number of anilines is 1. The van der Waals surface area contributed by atoms with Crippen molar-refractivity contribution in [3.05, 3.63) is 53.9 Å². The van der Waals surface area contributed by atoms with Crippen LogP contribution in [0.15, 0.2) is 41.3 Å². The molecule has 1 N–H and O–H groups in total. The van der Waals surface area contributed by atoms with Gasteiger partial charge in [0.15, 0.2) is 16.9 Å². The number of nitrogens with zero attached hydrogens (tertiary/aromatic N) is 4. The van der Waals surface area contributed by atoms with Crippen LogP contribution in [-0.2, 0) is 0 Å². The summed E-state index contributed by atoms with van der Waals surface area (Å²) in [6.07, 6.45) is 3.21. The summed E-state index contributed by atoms with van der Waals surface area (Å²) in [7, 11) is 0. The number of amides is 1. The molecule has 7 heteroatoms. The largest absolute Gasteiger partial charge is 0.356 e. The fourth-order valence-corrected chi connectivity index (χ4v) is 2.58. The molecule has 0 aliphatic carbocycles. The van der Waals surface area contributed by atoms with Gasteiger partial charge in [-0.3, -0.25) is 9.20 Å². The maximum absolute atomic E-state index is 12.5. The lowest BCUT2D eigenvalue weighted by Gasteiger charge is -2.05. The smallest absolute Gasteiger partial charge is 0.278 e. The van der Waals surface area contributed by atoms with Crippen LogP contribution in [0.4, 0.5) is 5.69 Å². The zero-order valence-electron chi connectivity index (χ0n) is 12.6. The summed E-state index contributed by atoms with van der Waals surface area (Å²) >= 11 is 0. The molecule has 0 spiro atoms. The van der Waals surface area contributed by atoms with Crippen molar-refractivity contribution in [2.45, 2.75) is 13.8 Å². The molecule has 4 aromatic rings. The van der Waals surface area contributed by atoms with E-state index < -0.39 is 0 Å². The number of nitrogens with one attached hydrogen (secondary N) is 1. The molecule has 0 atom stereocenters. The second-order valence-corrected chi connectivity index (χ2v) is 5.36. The summed E-state index contributed by atoms with van der Waals surface area (Å²) in [5.41, 5.74) is 3.98. The van der Waals surface area contributed by atoms with Crippen molar-refractivity contribution in [2.75, 3.05) is 5.32 Å². The Morgan fingerprint density at radius 2 is 2.13 bits per heavy atom. The zero-order valence-corrected chi connectivity index (χ0v) is 12.6. The fraction of sp³-hybridized carbons (Fsp3) is 0.125. The Morgan fingerprint density at radius 3 is 3.00 bits per heavy atom. The Hall–Kier alpha value is -3.22. The standard InChI is InChI=1S/C16H13N5O2/c1-9-5-10(2)21-8-17-14(15(21)19-9)16(22)20-12-3-4-13-11(6-12)7-18-23-13/h3-8H,1-2H3,(H,20,22). The molecule has 4 rings (SSSR count). The third-order valence-corrected chi connectivity index (χ3v) is 3.65. The van der Waals surface area contributed by atoms with Crippen molar-refractivity contribution < 1.29 is 9.32 Å². The number of carbonyl (C=O) groups is 1. The normalized spacial score (nSPS) is 11.2. The van der Waals surface area contributed by atoms with Gasteiger partial charge in [-0.15, -0.1) is 0 Å². The van der Waals surface area contributed by atoms with Gasteiger partial charge in [-0.05, 0) is 38.1 Å². The van der Waals surface area contributed by atoms with Crippen molar-refractivity contribution in [1.29, 1.82) is 0 Å². The number of imidazole rings is 1. The number of rotatable bonds is 2. The van der Waals surface area contributed by atoms with Crippen LogP contribution in [0, 0.1) is 13.8 Å². The minimum atomic E-state index is -0.305. The van der Waals surface area contributed by atoms with E-state index in [9.17, 15) is 4.79 Å². The average molecular weight is 307 g/mol. The predicted octanol–water partition coefficient (Wildman–Crippen LogP) is 2.74. The molecule has 1 aromatic carbocycles. The van der Waals surface area contributed by atoms with Gasteiger partial charge in [0.05, 0.1) is 6.20 Å². The molecule has 23 heavy (non-hydrogen) atoms. The number of aromatic nitrogens is 4. The van der Waals surface area contributed by atoms with Gasteiger partial charge in [0.2, 0.25) is 0 Å². The molecule has 0 unspecified atom stereocenters. The van der Waals surface area contributed by atoms with Gasteiger partial charge in [-0.1, -0.05) is 5.16 Å². The Balaban J connectivity index is 1.71.